The summed E-state index contributed by atoms with van der Waals surface area (Å²) < 4.78 is 41.4. The zero-order valence-electron chi connectivity index (χ0n) is 11.4. The summed E-state index contributed by atoms with van der Waals surface area (Å²) in [5.74, 6) is 0.440. The molecule has 1 aromatic heterocycles. The maximum Gasteiger partial charge on any atom is 0.396 e. The second-order valence-corrected chi connectivity index (χ2v) is 4.98. The molecule has 0 saturated carbocycles. The highest BCUT2D eigenvalue weighted by molar-refractivity contribution is 4.91. The van der Waals surface area contributed by atoms with Crippen LogP contribution in [0.2, 0.25) is 0 Å². The van der Waals surface area contributed by atoms with Crippen LogP contribution >= 0.6 is 0 Å². The van der Waals surface area contributed by atoms with E-state index in [-0.39, 0.29) is 17.8 Å². The number of halogens is 3. The fourth-order valence-electron chi connectivity index (χ4n) is 1.93. The number of hydrogen-bond donors (Lipinski definition) is 1. The van der Waals surface area contributed by atoms with Crippen molar-refractivity contribution in [2.75, 3.05) is 6.54 Å². The van der Waals surface area contributed by atoms with Crippen LogP contribution in [0.3, 0.4) is 0 Å². The molecule has 0 amide bonds. The van der Waals surface area contributed by atoms with Crippen molar-refractivity contribution in [3.05, 3.63) is 11.7 Å². The van der Waals surface area contributed by atoms with Crippen LogP contribution in [0.5, 0.6) is 0 Å². The molecule has 0 radical (unpaired) electrons. The van der Waals surface area contributed by atoms with Crippen molar-refractivity contribution in [2.24, 2.45) is 5.92 Å². The molecule has 0 aliphatic heterocycles. The summed E-state index contributed by atoms with van der Waals surface area (Å²) in [4.78, 5) is 3.79. The molecule has 0 bridgehead atoms. The Morgan fingerprint density at radius 1 is 1.32 bits per heavy atom. The second kappa shape index (κ2) is 6.88. The van der Waals surface area contributed by atoms with Crippen LogP contribution in [-0.4, -0.2) is 28.9 Å². The predicted octanol–water partition coefficient (Wildman–Crippen LogP) is 2.74. The summed E-state index contributed by atoms with van der Waals surface area (Å²) in [6.45, 7) is 6.96. The highest BCUT2D eigenvalue weighted by atomic mass is 19.4. The summed E-state index contributed by atoms with van der Waals surface area (Å²) in [6.07, 6.45) is -4.09. The molecular formula is C12H20F3N3O. The minimum absolute atomic E-state index is 0.143. The Bertz CT molecular complexity index is 377. The lowest BCUT2D eigenvalue weighted by Gasteiger charge is -2.17. The monoisotopic (exact) mass is 279 g/mol. The Balaban J connectivity index is 2.59. The first kappa shape index (κ1) is 15.9. The summed E-state index contributed by atoms with van der Waals surface area (Å²) in [5, 5.41) is 6.63. The molecule has 1 aromatic rings. The van der Waals surface area contributed by atoms with Crippen LogP contribution in [0.4, 0.5) is 13.2 Å². The lowest BCUT2D eigenvalue weighted by molar-refractivity contribution is -0.128. The summed E-state index contributed by atoms with van der Waals surface area (Å²) >= 11 is 0. The third kappa shape index (κ3) is 6.56. The molecule has 1 heterocycles. The maximum atomic E-state index is 12.2. The number of alkyl halides is 3. The Labute approximate surface area is 110 Å². The topological polar surface area (TPSA) is 51.0 Å². The van der Waals surface area contributed by atoms with Gasteiger partial charge in [-0.05, 0) is 18.9 Å². The number of hydrogen-bond acceptors (Lipinski definition) is 4. The zero-order chi connectivity index (χ0) is 14.5. The number of aromatic nitrogens is 2. The molecule has 0 spiro atoms. The van der Waals surface area contributed by atoms with Gasteiger partial charge in [0.05, 0.1) is 0 Å². The van der Waals surface area contributed by atoms with E-state index in [0.717, 1.165) is 13.0 Å². The molecule has 0 saturated heterocycles. The van der Waals surface area contributed by atoms with Crippen molar-refractivity contribution in [1.82, 2.24) is 15.5 Å². The van der Waals surface area contributed by atoms with Crippen molar-refractivity contribution < 1.29 is 17.7 Å². The van der Waals surface area contributed by atoms with Crippen LogP contribution in [0.25, 0.3) is 0 Å². The van der Waals surface area contributed by atoms with Crippen molar-refractivity contribution in [1.29, 1.82) is 0 Å². The summed E-state index contributed by atoms with van der Waals surface area (Å²) in [7, 11) is 0. The van der Waals surface area contributed by atoms with Crippen LogP contribution < -0.4 is 5.32 Å². The number of likely N-dealkylation sites (N-methyl/N-ethyl adjacent to an activating group) is 1. The number of nitrogens with zero attached hydrogens (tertiary/aromatic N) is 2. The second-order valence-electron chi connectivity index (χ2n) is 4.98. The fraction of sp³-hybridized carbons (Fsp3) is 0.833. The number of rotatable bonds is 7. The molecule has 4 nitrogen and oxygen atoms in total. The SMILES string of the molecule is CCNC(Cc1nc(CC(F)(F)F)no1)CC(C)C. The molecule has 110 valence electrons. The van der Waals surface area contributed by atoms with Gasteiger partial charge in [0, 0.05) is 12.5 Å². The van der Waals surface area contributed by atoms with Gasteiger partial charge in [-0.2, -0.15) is 18.2 Å². The molecule has 0 fully saturated rings. The van der Waals surface area contributed by atoms with Crippen LogP contribution in [0.15, 0.2) is 4.52 Å². The lowest BCUT2D eigenvalue weighted by atomic mass is 10.0. The first-order valence-electron chi connectivity index (χ1n) is 6.41. The van der Waals surface area contributed by atoms with E-state index >= 15 is 0 Å². The molecule has 0 aliphatic carbocycles. The Morgan fingerprint density at radius 3 is 2.53 bits per heavy atom. The smallest absolute Gasteiger partial charge is 0.339 e. The van der Waals surface area contributed by atoms with Gasteiger partial charge in [0.25, 0.3) is 0 Å². The van der Waals surface area contributed by atoms with Crippen molar-refractivity contribution in [3.8, 4) is 0 Å². The molecule has 0 aliphatic rings. The van der Waals surface area contributed by atoms with Crippen molar-refractivity contribution >= 4 is 0 Å². The average Bonchev–Trinajstić information content (AvgIpc) is 2.61. The van der Waals surface area contributed by atoms with Crippen molar-refractivity contribution in [3.63, 3.8) is 0 Å². The summed E-state index contributed by atoms with van der Waals surface area (Å²) in [6, 6.07) is 0.143. The zero-order valence-corrected chi connectivity index (χ0v) is 11.4. The van der Waals surface area contributed by atoms with E-state index in [1.807, 2.05) is 6.92 Å². The van der Waals surface area contributed by atoms with E-state index in [1.54, 1.807) is 0 Å². The molecule has 1 atom stereocenters. The van der Waals surface area contributed by atoms with Gasteiger partial charge < -0.3 is 9.84 Å². The minimum atomic E-state index is -4.31. The van der Waals surface area contributed by atoms with Gasteiger partial charge in [-0.3, -0.25) is 0 Å². The molecule has 19 heavy (non-hydrogen) atoms. The molecular weight excluding hydrogens is 259 g/mol. The van der Waals surface area contributed by atoms with E-state index in [1.165, 1.54) is 0 Å². The van der Waals surface area contributed by atoms with E-state index in [2.05, 4.69) is 29.3 Å². The lowest BCUT2D eigenvalue weighted by Crippen LogP contribution is -2.32. The summed E-state index contributed by atoms with van der Waals surface area (Å²) in [5.41, 5.74) is 0. The van der Waals surface area contributed by atoms with E-state index in [9.17, 15) is 13.2 Å². The largest absolute Gasteiger partial charge is 0.396 e. The number of nitrogens with one attached hydrogen (secondary N) is 1. The van der Waals surface area contributed by atoms with Gasteiger partial charge in [-0.15, -0.1) is 0 Å². The van der Waals surface area contributed by atoms with E-state index in [0.29, 0.717) is 12.3 Å². The normalized spacial score (nSPS) is 14.1. The molecule has 1 unspecified atom stereocenters. The van der Waals surface area contributed by atoms with Gasteiger partial charge in [-0.1, -0.05) is 25.9 Å². The van der Waals surface area contributed by atoms with Gasteiger partial charge in [0.1, 0.15) is 6.42 Å². The maximum absolute atomic E-state index is 12.2. The molecule has 1 N–H and O–H groups in total. The first-order valence-corrected chi connectivity index (χ1v) is 6.41. The van der Waals surface area contributed by atoms with Gasteiger partial charge in [-0.25, -0.2) is 0 Å². The predicted molar refractivity (Wildman–Crippen MR) is 64.7 cm³/mol. The highest BCUT2D eigenvalue weighted by Crippen LogP contribution is 2.20. The van der Waals surface area contributed by atoms with Gasteiger partial charge in [0.2, 0.25) is 5.89 Å². The van der Waals surface area contributed by atoms with Crippen molar-refractivity contribution in [2.45, 2.75) is 52.3 Å². The average molecular weight is 279 g/mol. The van der Waals surface area contributed by atoms with E-state index < -0.39 is 12.6 Å². The first-order chi connectivity index (χ1) is 8.80. The molecule has 0 aromatic carbocycles. The molecule has 7 heteroatoms. The highest BCUT2D eigenvalue weighted by Gasteiger charge is 2.30. The fourth-order valence-corrected chi connectivity index (χ4v) is 1.93. The minimum Gasteiger partial charge on any atom is -0.339 e. The third-order valence-corrected chi connectivity index (χ3v) is 2.54. The van der Waals surface area contributed by atoms with Gasteiger partial charge >= 0.3 is 6.18 Å². The van der Waals surface area contributed by atoms with Crippen LogP contribution in [0, 0.1) is 5.92 Å². The Morgan fingerprint density at radius 2 is 2.00 bits per heavy atom. The van der Waals surface area contributed by atoms with Gasteiger partial charge in [0.15, 0.2) is 5.82 Å². The Kier molecular flexibility index (Phi) is 5.78. The van der Waals surface area contributed by atoms with Crippen LogP contribution in [0.1, 0.15) is 38.9 Å². The Hall–Kier alpha value is -1.11. The third-order valence-electron chi connectivity index (χ3n) is 2.54. The van der Waals surface area contributed by atoms with E-state index in [4.69, 9.17) is 4.52 Å². The molecule has 1 rings (SSSR count). The van der Waals surface area contributed by atoms with Crippen LogP contribution in [-0.2, 0) is 12.8 Å². The quantitative estimate of drug-likeness (QED) is 0.833. The standard InChI is InChI=1S/C12H20F3N3O/c1-4-16-9(5-8(2)3)6-11-17-10(18-19-11)7-12(13,14)15/h8-9,16H,4-7H2,1-3H3.